The number of methoxy groups -OCH3 is 1. The van der Waals surface area contributed by atoms with Crippen molar-refractivity contribution in [3.05, 3.63) is 47.3 Å². The fraction of sp³-hybridized carbons (Fsp3) is 0.250. The van der Waals surface area contributed by atoms with Crippen molar-refractivity contribution < 1.29 is 27.0 Å². The summed E-state index contributed by atoms with van der Waals surface area (Å²) in [5.74, 6) is -5.90. The minimum Gasteiger partial charge on any atom is -0.493 e. The van der Waals surface area contributed by atoms with E-state index < -0.39 is 29.2 Å². The molecule has 5 nitrogen and oxygen atoms in total. The van der Waals surface area contributed by atoms with Gasteiger partial charge in [0.15, 0.2) is 11.5 Å². The molecule has 1 aromatic carbocycles. The van der Waals surface area contributed by atoms with E-state index in [0.717, 1.165) is 6.42 Å². The van der Waals surface area contributed by atoms with Gasteiger partial charge in [-0.25, -0.2) is 0 Å². The van der Waals surface area contributed by atoms with Crippen LogP contribution in [0.2, 0.25) is 0 Å². The average Bonchev–Trinajstić information content (AvgIpc) is 2.61. The van der Waals surface area contributed by atoms with Crippen LogP contribution in [0.15, 0.2) is 23.3 Å². The maximum Gasteiger partial charge on any atom is 0.254 e. The molecule has 0 saturated heterocycles. The van der Waals surface area contributed by atoms with Crippen LogP contribution in [0, 0.1) is 23.5 Å². The summed E-state index contributed by atoms with van der Waals surface area (Å²) in [6.45, 7) is 2.48. The number of hydrogen-bond acceptors (Lipinski definition) is 5. The van der Waals surface area contributed by atoms with Crippen molar-refractivity contribution in [2.24, 2.45) is 5.10 Å². The maximum atomic E-state index is 13.4. The number of ether oxygens (including phenoxy) is 2. The number of benzene rings is 1. The summed E-state index contributed by atoms with van der Waals surface area (Å²) >= 11 is 0. The predicted molar refractivity (Wildman–Crippen MR) is 84.1 cm³/mol. The third-order valence-electron chi connectivity index (χ3n) is 3.04. The van der Waals surface area contributed by atoms with Crippen LogP contribution in [0.25, 0.3) is 0 Å². The van der Waals surface area contributed by atoms with Crippen molar-refractivity contribution in [2.45, 2.75) is 13.3 Å². The van der Waals surface area contributed by atoms with E-state index in [9.17, 15) is 17.6 Å². The van der Waals surface area contributed by atoms with Crippen LogP contribution >= 0.6 is 0 Å². The van der Waals surface area contributed by atoms with Gasteiger partial charge in [0.1, 0.15) is 5.69 Å². The minimum absolute atomic E-state index is 0.441. The van der Waals surface area contributed by atoms with Gasteiger partial charge in [-0.3, -0.25) is 5.43 Å². The molecule has 2 rings (SSSR count). The lowest BCUT2D eigenvalue weighted by Crippen LogP contribution is -2.06. The van der Waals surface area contributed by atoms with E-state index in [-0.39, 0.29) is 0 Å². The molecule has 134 valence electrons. The molecule has 9 heteroatoms. The average molecular weight is 357 g/mol. The highest BCUT2D eigenvalue weighted by Gasteiger charge is 2.20. The van der Waals surface area contributed by atoms with Gasteiger partial charge in [0.2, 0.25) is 11.6 Å². The molecule has 0 saturated carbocycles. The molecule has 0 aliphatic rings. The lowest BCUT2D eigenvalue weighted by atomic mass is 10.2. The maximum absolute atomic E-state index is 13.4. The summed E-state index contributed by atoms with van der Waals surface area (Å²) in [6, 6.07) is 4.85. The zero-order valence-corrected chi connectivity index (χ0v) is 13.4. The predicted octanol–water partition coefficient (Wildman–Crippen LogP) is 3.88. The summed E-state index contributed by atoms with van der Waals surface area (Å²) in [5.41, 5.74) is 1.36. The normalized spacial score (nSPS) is 11.0. The standard InChI is InChI=1S/C16H15F4N3O2/c1-3-6-25-10-5-4-9(7-11(10)24-2)8-21-23-14-12(17)15(19)22-16(20)13(14)18/h4-5,7-8H,3,6H2,1-2H3,(H,22,23)/b21-8+. The number of anilines is 1. The molecule has 1 N–H and O–H groups in total. The summed E-state index contributed by atoms with van der Waals surface area (Å²) in [7, 11) is 1.46. The van der Waals surface area contributed by atoms with E-state index in [4.69, 9.17) is 9.47 Å². The Morgan fingerprint density at radius 2 is 1.80 bits per heavy atom. The first kappa shape index (κ1) is 18.5. The van der Waals surface area contributed by atoms with Crippen LogP contribution in [-0.4, -0.2) is 24.9 Å². The van der Waals surface area contributed by atoms with Crippen molar-refractivity contribution >= 4 is 11.9 Å². The van der Waals surface area contributed by atoms with Crippen LogP contribution < -0.4 is 14.9 Å². The van der Waals surface area contributed by atoms with Crippen LogP contribution in [0.1, 0.15) is 18.9 Å². The van der Waals surface area contributed by atoms with Crippen molar-refractivity contribution in [2.75, 3.05) is 19.1 Å². The summed E-state index contributed by atoms with van der Waals surface area (Å²) < 4.78 is 63.6. The van der Waals surface area contributed by atoms with Crippen LogP contribution in [0.5, 0.6) is 11.5 Å². The number of hydrazone groups is 1. The van der Waals surface area contributed by atoms with Gasteiger partial charge in [0.05, 0.1) is 19.9 Å². The fourth-order valence-electron chi connectivity index (χ4n) is 1.85. The van der Waals surface area contributed by atoms with E-state index in [2.05, 4.69) is 10.1 Å². The molecular weight excluding hydrogens is 342 g/mol. The van der Waals surface area contributed by atoms with E-state index in [0.29, 0.717) is 23.7 Å². The SMILES string of the molecule is CCCOc1ccc(/C=N/Nc2c(F)c(F)nc(F)c2F)cc1OC. The highest BCUT2D eigenvalue weighted by molar-refractivity contribution is 5.81. The molecule has 0 atom stereocenters. The summed E-state index contributed by atoms with van der Waals surface area (Å²) in [5, 5.41) is 3.57. The zero-order valence-electron chi connectivity index (χ0n) is 13.4. The number of halogens is 4. The largest absolute Gasteiger partial charge is 0.493 e. The first-order valence-corrected chi connectivity index (χ1v) is 7.27. The number of nitrogens with one attached hydrogen (secondary N) is 1. The van der Waals surface area contributed by atoms with Gasteiger partial charge in [0, 0.05) is 0 Å². The van der Waals surface area contributed by atoms with Crippen LogP contribution in [0.3, 0.4) is 0 Å². The molecular formula is C16H15F4N3O2. The first-order valence-electron chi connectivity index (χ1n) is 7.27. The second-order valence-electron chi connectivity index (χ2n) is 4.83. The fourth-order valence-corrected chi connectivity index (χ4v) is 1.85. The van der Waals surface area contributed by atoms with Gasteiger partial charge < -0.3 is 9.47 Å². The summed E-state index contributed by atoms with van der Waals surface area (Å²) in [6.07, 6.45) is 2.02. The number of nitrogens with zero attached hydrogens (tertiary/aromatic N) is 2. The highest BCUT2D eigenvalue weighted by Crippen LogP contribution is 2.28. The Hall–Kier alpha value is -2.84. The third-order valence-corrected chi connectivity index (χ3v) is 3.04. The Morgan fingerprint density at radius 3 is 2.40 bits per heavy atom. The molecule has 0 radical (unpaired) electrons. The Bertz CT molecular complexity index is 758. The monoisotopic (exact) mass is 357 g/mol. The van der Waals surface area contributed by atoms with Gasteiger partial charge in [-0.1, -0.05) is 6.92 Å². The molecule has 2 aromatic rings. The van der Waals surface area contributed by atoms with E-state index in [1.165, 1.54) is 13.3 Å². The van der Waals surface area contributed by atoms with Gasteiger partial charge in [0.25, 0.3) is 11.9 Å². The molecule has 1 aromatic heterocycles. The lowest BCUT2D eigenvalue weighted by Gasteiger charge is -2.10. The Labute approximate surface area is 141 Å². The van der Waals surface area contributed by atoms with E-state index >= 15 is 0 Å². The zero-order chi connectivity index (χ0) is 18.4. The van der Waals surface area contributed by atoms with Crippen molar-refractivity contribution in [3.63, 3.8) is 0 Å². The summed E-state index contributed by atoms with van der Waals surface area (Å²) in [4.78, 5) is 2.45. The van der Waals surface area contributed by atoms with Gasteiger partial charge in [-0.15, -0.1) is 0 Å². The molecule has 0 fully saturated rings. The molecule has 25 heavy (non-hydrogen) atoms. The first-order chi connectivity index (χ1) is 12.0. The van der Waals surface area contributed by atoms with Gasteiger partial charge in [-0.05, 0) is 30.2 Å². The molecule has 0 bridgehead atoms. The molecule has 0 unspecified atom stereocenters. The molecule has 1 heterocycles. The molecule has 0 amide bonds. The van der Waals surface area contributed by atoms with Crippen LogP contribution in [0.4, 0.5) is 23.2 Å². The number of hydrogen-bond donors (Lipinski definition) is 1. The topological polar surface area (TPSA) is 55.7 Å². The van der Waals surface area contributed by atoms with Gasteiger partial charge >= 0.3 is 0 Å². The Morgan fingerprint density at radius 1 is 1.12 bits per heavy atom. The third kappa shape index (κ3) is 4.37. The Kier molecular flexibility index (Phi) is 6.15. The van der Waals surface area contributed by atoms with Crippen molar-refractivity contribution in [1.82, 2.24) is 4.98 Å². The van der Waals surface area contributed by atoms with E-state index in [1.807, 2.05) is 12.3 Å². The van der Waals surface area contributed by atoms with Crippen LogP contribution in [-0.2, 0) is 0 Å². The quantitative estimate of drug-likeness (QED) is 0.354. The molecule has 0 spiro atoms. The second-order valence-corrected chi connectivity index (χ2v) is 4.83. The van der Waals surface area contributed by atoms with Crippen molar-refractivity contribution in [1.29, 1.82) is 0 Å². The lowest BCUT2D eigenvalue weighted by molar-refractivity contribution is 0.294. The number of rotatable bonds is 7. The number of aromatic nitrogens is 1. The smallest absolute Gasteiger partial charge is 0.254 e. The molecule has 0 aliphatic carbocycles. The number of pyridine rings is 1. The minimum atomic E-state index is -1.77. The highest BCUT2D eigenvalue weighted by atomic mass is 19.2. The molecule has 0 aliphatic heterocycles. The van der Waals surface area contributed by atoms with Gasteiger partial charge in [-0.2, -0.15) is 27.6 Å². The van der Waals surface area contributed by atoms with Crippen molar-refractivity contribution in [3.8, 4) is 11.5 Å². The Balaban J connectivity index is 2.18. The van der Waals surface area contributed by atoms with E-state index in [1.54, 1.807) is 18.2 Å². The second kappa shape index (κ2) is 8.32.